The molecular formula is C18H20ClN3O2S. The zero-order chi connectivity index (χ0) is 18.1. The zero-order valence-corrected chi connectivity index (χ0v) is 16.2. The molecule has 2 heterocycles. The first-order chi connectivity index (χ1) is 11.9. The van der Waals surface area contributed by atoms with E-state index in [0.29, 0.717) is 29.8 Å². The lowest BCUT2D eigenvalue weighted by Crippen LogP contribution is -2.08. The van der Waals surface area contributed by atoms with Crippen molar-refractivity contribution in [1.82, 2.24) is 14.8 Å². The fourth-order valence-corrected chi connectivity index (χ4v) is 3.95. The largest absolute Gasteiger partial charge is 0.461 e. The quantitative estimate of drug-likeness (QED) is 0.599. The Labute approximate surface area is 155 Å². The number of hydrogen-bond acceptors (Lipinski definition) is 5. The van der Waals surface area contributed by atoms with Gasteiger partial charge in [-0.1, -0.05) is 25.4 Å². The molecule has 0 saturated carbocycles. The van der Waals surface area contributed by atoms with Gasteiger partial charge in [0.2, 0.25) is 0 Å². The fraction of sp³-hybridized carbons (Fsp3) is 0.389. The molecule has 7 heteroatoms. The second kappa shape index (κ2) is 7.14. The zero-order valence-electron chi connectivity index (χ0n) is 14.7. The Hall–Kier alpha value is -1.92. The summed E-state index contributed by atoms with van der Waals surface area (Å²) < 4.78 is 7.87. The number of halogens is 1. The van der Waals surface area contributed by atoms with Crippen LogP contribution >= 0.6 is 22.9 Å². The number of ether oxygens (including phenoxy) is 1. The molecule has 5 nitrogen and oxygen atoms in total. The maximum Gasteiger partial charge on any atom is 0.358 e. The number of esters is 1. The van der Waals surface area contributed by atoms with Crippen LogP contribution in [0, 0.1) is 6.92 Å². The molecule has 0 spiro atoms. The molecule has 0 atom stereocenters. The normalized spacial score (nSPS) is 11.4. The first-order valence-corrected chi connectivity index (χ1v) is 9.39. The van der Waals surface area contributed by atoms with E-state index in [1.165, 1.54) is 0 Å². The van der Waals surface area contributed by atoms with E-state index < -0.39 is 5.97 Å². The first-order valence-electron chi connectivity index (χ1n) is 8.19. The van der Waals surface area contributed by atoms with Crippen molar-refractivity contribution >= 4 is 39.1 Å². The van der Waals surface area contributed by atoms with Gasteiger partial charge in [-0.2, -0.15) is 5.10 Å². The van der Waals surface area contributed by atoms with Crippen LogP contribution < -0.4 is 0 Å². The van der Waals surface area contributed by atoms with Gasteiger partial charge in [-0.3, -0.25) is 4.68 Å². The van der Waals surface area contributed by atoms with Crippen LogP contribution in [0.4, 0.5) is 0 Å². The summed E-state index contributed by atoms with van der Waals surface area (Å²) in [6, 6.07) is 5.60. The van der Waals surface area contributed by atoms with E-state index in [0.717, 1.165) is 26.5 Å². The molecule has 0 fully saturated rings. The summed E-state index contributed by atoms with van der Waals surface area (Å²) >= 11 is 7.96. The molecule has 3 rings (SSSR count). The summed E-state index contributed by atoms with van der Waals surface area (Å²) in [4.78, 5) is 16.7. The van der Waals surface area contributed by atoms with Gasteiger partial charge in [0.25, 0.3) is 0 Å². The van der Waals surface area contributed by atoms with Crippen LogP contribution in [0.15, 0.2) is 18.2 Å². The van der Waals surface area contributed by atoms with E-state index in [-0.39, 0.29) is 0 Å². The van der Waals surface area contributed by atoms with Crippen molar-refractivity contribution in [1.29, 1.82) is 0 Å². The predicted octanol–water partition coefficient (Wildman–Crippen LogP) is 4.80. The lowest BCUT2D eigenvalue weighted by atomic mass is 10.2. The molecule has 0 amide bonds. The number of aromatic nitrogens is 3. The van der Waals surface area contributed by atoms with Gasteiger partial charge in [0.05, 0.1) is 28.4 Å². The standard InChI is InChI=1S/C18H20ClN3O2S/c1-5-24-18(23)14-6-11(4)22(21-14)9-12-7-13(19)8-15-16(12)20-17(25-15)10(2)3/h6-8,10H,5,9H2,1-4H3. The fourth-order valence-electron chi connectivity index (χ4n) is 2.58. The molecule has 0 N–H and O–H groups in total. The van der Waals surface area contributed by atoms with Crippen molar-refractivity contribution in [2.45, 2.75) is 40.2 Å². The molecule has 0 saturated heterocycles. The molecule has 3 aromatic rings. The van der Waals surface area contributed by atoms with Crippen molar-refractivity contribution in [2.24, 2.45) is 0 Å². The summed E-state index contributed by atoms with van der Waals surface area (Å²) in [5.41, 5.74) is 3.15. The van der Waals surface area contributed by atoms with E-state index in [9.17, 15) is 4.79 Å². The molecule has 0 unspecified atom stereocenters. The monoisotopic (exact) mass is 377 g/mol. The van der Waals surface area contributed by atoms with Gasteiger partial charge in [0, 0.05) is 22.2 Å². The van der Waals surface area contributed by atoms with Gasteiger partial charge in [-0.05, 0) is 32.0 Å². The Morgan fingerprint density at radius 1 is 1.36 bits per heavy atom. The minimum Gasteiger partial charge on any atom is -0.461 e. The molecule has 0 bridgehead atoms. The van der Waals surface area contributed by atoms with Crippen molar-refractivity contribution in [3.63, 3.8) is 0 Å². The van der Waals surface area contributed by atoms with Crippen LogP contribution in [0.5, 0.6) is 0 Å². The molecule has 25 heavy (non-hydrogen) atoms. The van der Waals surface area contributed by atoms with Crippen molar-refractivity contribution in [3.8, 4) is 0 Å². The Balaban J connectivity index is 1.99. The molecule has 0 radical (unpaired) electrons. The molecule has 2 aromatic heterocycles. The van der Waals surface area contributed by atoms with Crippen LogP contribution in [0.1, 0.15) is 53.4 Å². The van der Waals surface area contributed by atoms with Gasteiger partial charge in [0.1, 0.15) is 0 Å². The van der Waals surface area contributed by atoms with E-state index in [1.54, 1.807) is 29.0 Å². The van der Waals surface area contributed by atoms with Crippen LogP contribution in [-0.2, 0) is 11.3 Å². The van der Waals surface area contributed by atoms with Gasteiger partial charge < -0.3 is 4.74 Å². The van der Waals surface area contributed by atoms with Crippen LogP contribution in [0.2, 0.25) is 5.02 Å². The maximum atomic E-state index is 11.9. The predicted molar refractivity (Wildman–Crippen MR) is 101 cm³/mol. The molecule has 1 aromatic carbocycles. The molecular weight excluding hydrogens is 358 g/mol. The second-order valence-corrected chi connectivity index (χ2v) is 7.67. The highest BCUT2D eigenvalue weighted by Crippen LogP contribution is 2.32. The SMILES string of the molecule is CCOC(=O)c1cc(C)n(Cc2cc(Cl)cc3sc(C(C)C)nc23)n1. The highest BCUT2D eigenvalue weighted by molar-refractivity contribution is 7.18. The number of aryl methyl sites for hydroxylation is 1. The number of benzene rings is 1. The third kappa shape index (κ3) is 3.70. The smallest absolute Gasteiger partial charge is 0.358 e. The number of carbonyl (C=O) groups is 1. The van der Waals surface area contributed by atoms with Crippen LogP contribution in [0.25, 0.3) is 10.2 Å². The van der Waals surface area contributed by atoms with Crippen molar-refractivity contribution < 1.29 is 9.53 Å². The summed E-state index contributed by atoms with van der Waals surface area (Å²) in [7, 11) is 0. The summed E-state index contributed by atoms with van der Waals surface area (Å²) in [6.07, 6.45) is 0. The Morgan fingerprint density at radius 2 is 2.12 bits per heavy atom. The van der Waals surface area contributed by atoms with Gasteiger partial charge in [0.15, 0.2) is 5.69 Å². The third-order valence-electron chi connectivity index (χ3n) is 3.83. The highest BCUT2D eigenvalue weighted by atomic mass is 35.5. The lowest BCUT2D eigenvalue weighted by molar-refractivity contribution is 0.0518. The van der Waals surface area contributed by atoms with Gasteiger partial charge >= 0.3 is 5.97 Å². The third-order valence-corrected chi connectivity index (χ3v) is 5.36. The van der Waals surface area contributed by atoms with E-state index in [2.05, 4.69) is 18.9 Å². The Kier molecular flexibility index (Phi) is 5.11. The first kappa shape index (κ1) is 17.9. The Morgan fingerprint density at radius 3 is 2.80 bits per heavy atom. The minimum absolute atomic E-state index is 0.318. The average Bonchev–Trinajstić information content (AvgIpc) is 3.12. The highest BCUT2D eigenvalue weighted by Gasteiger charge is 2.16. The van der Waals surface area contributed by atoms with Gasteiger partial charge in [-0.15, -0.1) is 11.3 Å². The summed E-state index contributed by atoms with van der Waals surface area (Å²) in [6.45, 7) is 8.78. The van der Waals surface area contributed by atoms with Crippen LogP contribution in [-0.4, -0.2) is 27.3 Å². The van der Waals surface area contributed by atoms with Crippen molar-refractivity contribution in [3.05, 3.63) is 45.2 Å². The molecule has 0 aliphatic carbocycles. The maximum absolute atomic E-state index is 11.9. The van der Waals surface area contributed by atoms with Crippen molar-refractivity contribution in [2.75, 3.05) is 6.61 Å². The lowest BCUT2D eigenvalue weighted by Gasteiger charge is -2.06. The van der Waals surface area contributed by atoms with E-state index in [4.69, 9.17) is 21.3 Å². The topological polar surface area (TPSA) is 57.0 Å². The Bertz CT molecular complexity index is 930. The number of rotatable bonds is 5. The van der Waals surface area contributed by atoms with Crippen LogP contribution in [0.3, 0.4) is 0 Å². The number of nitrogens with zero attached hydrogens (tertiary/aromatic N) is 3. The molecule has 132 valence electrons. The average molecular weight is 378 g/mol. The summed E-state index contributed by atoms with van der Waals surface area (Å²) in [5, 5.41) is 6.14. The van der Waals surface area contributed by atoms with E-state index in [1.807, 2.05) is 19.1 Å². The second-order valence-electron chi connectivity index (χ2n) is 6.17. The molecule has 0 aliphatic rings. The minimum atomic E-state index is -0.406. The number of carbonyl (C=O) groups excluding carboxylic acids is 1. The van der Waals surface area contributed by atoms with Gasteiger partial charge in [-0.25, -0.2) is 9.78 Å². The number of thiazole rings is 1. The van der Waals surface area contributed by atoms with E-state index >= 15 is 0 Å². The number of hydrogen-bond donors (Lipinski definition) is 0. The molecule has 0 aliphatic heterocycles. The summed E-state index contributed by atoms with van der Waals surface area (Å²) in [5.74, 6) is -0.0396. The number of fused-ring (bicyclic) bond motifs is 1.